The highest BCUT2D eigenvalue weighted by Gasteiger charge is 2.35. The van der Waals surface area contributed by atoms with Crippen LogP contribution in [-0.4, -0.2) is 10.8 Å². The first-order valence-corrected chi connectivity index (χ1v) is 5.98. The van der Waals surface area contributed by atoms with Gasteiger partial charge in [-0.25, -0.2) is 0 Å². The summed E-state index contributed by atoms with van der Waals surface area (Å²) in [5.41, 5.74) is 6.53. The predicted octanol–water partition coefficient (Wildman–Crippen LogP) is 2.53. The Bertz CT molecular complexity index is 525. The third kappa shape index (κ3) is 2.17. The van der Waals surface area contributed by atoms with Gasteiger partial charge in [-0.05, 0) is 24.1 Å². The van der Waals surface area contributed by atoms with E-state index in [0.29, 0.717) is 12.1 Å². The van der Waals surface area contributed by atoms with Gasteiger partial charge < -0.3 is 5.73 Å². The summed E-state index contributed by atoms with van der Waals surface area (Å²) in [6.45, 7) is 1.91. The number of benzene rings is 1. The minimum Gasteiger partial charge on any atom is -0.315 e. The van der Waals surface area contributed by atoms with Crippen LogP contribution in [0.3, 0.4) is 0 Å². The standard InChI is InChI=1S/C15H16N2O/c1-2-15(16,12-8-4-3-5-9-12)14(18)13-10-6-7-11-17-13/h3-11H,2,16H2,1H3. The lowest BCUT2D eigenvalue weighted by atomic mass is 9.83. The fourth-order valence-electron chi connectivity index (χ4n) is 1.96. The number of hydrogen-bond acceptors (Lipinski definition) is 3. The molecule has 1 unspecified atom stereocenters. The maximum absolute atomic E-state index is 12.5. The Balaban J connectivity index is 2.43. The van der Waals surface area contributed by atoms with Gasteiger partial charge in [0.1, 0.15) is 11.2 Å². The number of ketones is 1. The third-order valence-corrected chi connectivity index (χ3v) is 3.15. The zero-order valence-corrected chi connectivity index (χ0v) is 10.3. The van der Waals surface area contributed by atoms with Crippen LogP contribution in [0, 0.1) is 0 Å². The van der Waals surface area contributed by atoms with Crippen LogP contribution in [0.15, 0.2) is 54.7 Å². The molecule has 2 rings (SSSR count). The van der Waals surface area contributed by atoms with Crippen molar-refractivity contribution in [2.24, 2.45) is 5.73 Å². The number of pyridine rings is 1. The summed E-state index contributed by atoms with van der Waals surface area (Å²) in [6.07, 6.45) is 2.14. The molecule has 1 atom stereocenters. The number of carbonyl (C=O) groups excluding carboxylic acids is 1. The fraction of sp³-hybridized carbons (Fsp3) is 0.200. The van der Waals surface area contributed by atoms with Crippen molar-refractivity contribution in [2.45, 2.75) is 18.9 Å². The van der Waals surface area contributed by atoms with E-state index in [9.17, 15) is 4.79 Å². The summed E-state index contributed by atoms with van der Waals surface area (Å²) in [5, 5.41) is 0. The maximum Gasteiger partial charge on any atom is 0.205 e. The minimum absolute atomic E-state index is 0.142. The van der Waals surface area contributed by atoms with Gasteiger partial charge in [0.05, 0.1) is 0 Å². The molecule has 92 valence electrons. The third-order valence-electron chi connectivity index (χ3n) is 3.15. The molecule has 0 bridgehead atoms. The van der Waals surface area contributed by atoms with Crippen LogP contribution < -0.4 is 5.73 Å². The van der Waals surface area contributed by atoms with Crippen molar-refractivity contribution in [2.75, 3.05) is 0 Å². The van der Waals surface area contributed by atoms with E-state index in [0.717, 1.165) is 5.56 Å². The number of nitrogens with zero attached hydrogens (tertiary/aromatic N) is 1. The summed E-state index contributed by atoms with van der Waals surface area (Å²) >= 11 is 0. The van der Waals surface area contributed by atoms with E-state index in [1.165, 1.54) is 0 Å². The Morgan fingerprint density at radius 1 is 1.17 bits per heavy atom. The maximum atomic E-state index is 12.5. The van der Waals surface area contributed by atoms with E-state index in [4.69, 9.17) is 5.73 Å². The highest BCUT2D eigenvalue weighted by molar-refractivity contribution is 6.02. The van der Waals surface area contributed by atoms with Gasteiger partial charge in [0.15, 0.2) is 0 Å². The zero-order chi connectivity index (χ0) is 13.0. The first-order chi connectivity index (χ1) is 8.68. The van der Waals surface area contributed by atoms with Gasteiger partial charge in [0, 0.05) is 6.20 Å². The molecule has 0 fully saturated rings. The lowest BCUT2D eigenvalue weighted by Crippen LogP contribution is -2.44. The Morgan fingerprint density at radius 3 is 2.39 bits per heavy atom. The van der Waals surface area contributed by atoms with Gasteiger partial charge in [-0.15, -0.1) is 0 Å². The second-order valence-corrected chi connectivity index (χ2v) is 4.24. The Morgan fingerprint density at radius 2 is 1.83 bits per heavy atom. The normalized spacial score (nSPS) is 13.9. The van der Waals surface area contributed by atoms with E-state index in [-0.39, 0.29) is 5.78 Å². The Hall–Kier alpha value is -2.00. The number of Topliss-reactive ketones (excluding diaryl/α,β-unsaturated/α-hetero) is 1. The predicted molar refractivity (Wildman–Crippen MR) is 71.2 cm³/mol. The number of carbonyl (C=O) groups is 1. The quantitative estimate of drug-likeness (QED) is 0.835. The first-order valence-electron chi connectivity index (χ1n) is 5.98. The lowest BCUT2D eigenvalue weighted by Gasteiger charge is -2.26. The molecule has 0 aliphatic carbocycles. The van der Waals surface area contributed by atoms with E-state index < -0.39 is 5.54 Å². The summed E-state index contributed by atoms with van der Waals surface area (Å²) in [4.78, 5) is 16.6. The molecular formula is C15H16N2O. The molecule has 0 saturated carbocycles. The van der Waals surface area contributed by atoms with Crippen molar-refractivity contribution in [1.82, 2.24) is 4.98 Å². The molecule has 0 spiro atoms. The van der Waals surface area contributed by atoms with Crippen molar-refractivity contribution in [3.05, 3.63) is 66.0 Å². The van der Waals surface area contributed by atoms with Crippen LogP contribution >= 0.6 is 0 Å². The first kappa shape index (κ1) is 12.5. The monoisotopic (exact) mass is 240 g/mol. The van der Waals surface area contributed by atoms with Crippen molar-refractivity contribution < 1.29 is 4.79 Å². The molecular weight excluding hydrogens is 224 g/mol. The largest absolute Gasteiger partial charge is 0.315 e. The van der Waals surface area contributed by atoms with Crippen molar-refractivity contribution in [3.63, 3.8) is 0 Å². The molecule has 0 amide bonds. The van der Waals surface area contributed by atoms with Gasteiger partial charge in [-0.2, -0.15) is 0 Å². The molecule has 2 aromatic rings. The van der Waals surface area contributed by atoms with Crippen molar-refractivity contribution in [1.29, 1.82) is 0 Å². The Labute approximate surface area is 107 Å². The number of nitrogens with two attached hydrogens (primary N) is 1. The van der Waals surface area contributed by atoms with Crippen molar-refractivity contribution >= 4 is 5.78 Å². The highest BCUT2D eigenvalue weighted by atomic mass is 16.1. The average molecular weight is 240 g/mol. The summed E-state index contributed by atoms with van der Waals surface area (Å²) < 4.78 is 0. The number of hydrogen-bond donors (Lipinski definition) is 1. The summed E-state index contributed by atoms with van der Waals surface area (Å²) in [7, 11) is 0. The van der Waals surface area contributed by atoms with E-state index >= 15 is 0 Å². The molecule has 3 heteroatoms. The van der Waals surface area contributed by atoms with Gasteiger partial charge >= 0.3 is 0 Å². The number of aromatic nitrogens is 1. The van der Waals surface area contributed by atoms with Gasteiger partial charge in [-0.3, -0.25) is 9.78 Å². The van der Waals surface area contributed by atoms with E-state index in [1.807, 2.05) is 37.3 Å². The molecule has 18 heavy (non-hydrogen) atoms. The van der Waals surface area contributed by atoms with E-state index in [1.54, 1.807) is 24.4 Å². The molecule has 2 N–H and O–H groups in total. The fourth-order valence-corrected chi connectivity index (χ4v) is 1.96. The van der Waals surface area contributed by atoms with Gasteiger partial charge in [0.25, 0.3) is 0 Å². The summed E-state index contributed by atoms with van der Waals surface area (Å²) in [6, 6.07) is 14.7. The Kier molecular flexibility index (Phi) is 3.53. The van der Waals surface area contributed by atoms with Crippen LogP contribution in [-0.2, 0) is 5.54 Å². The second-order valence-electron chi connectivity index (χ2n) is 4.24. The molecule has 0 aliphatic heterocycles. The van der Waals surface area contributed by atoms with Crippen LogP contribution in [0.4, 0.5) is 0 Å². The topological polar surface area (TPSA) is 56.0 Å². The molecule has 1 aromatic carbocycles. The van der Waals surface area contributed by atoms with E-state index in [2.05, 4.69) is 4.98 Å². The molecule has 0 radical (unpaired) electrons. The van der Waals surface area contributed by atoms with Crippen molar-refractivity contribution in [3.8, 4) is 0 Å². The molecule has 1 aromatic heterocycles. The smallest absolute Gasteiger partial charge is 0.205 e. The number of rotatable bonds is 4. The summed E-state index contributed by atoms with van der Waals surface area (Å²) in [5.74, 6) is -0.142. The zero-order valence-electron chi connectivity index (χ0n) is 10.3. The van der Waals surface area contributed by atoms with Crippen LogP contribution in [0.25, 0.3) is 0 Å². The molecule has 0 saturated heterocycles. The SMILES string of the molecule is CCC(N)(C(=O)c1ccccn1)c1ccccc1. The van der Waals surface area contributed by atoms with Crippen LogP contribution in [0.2, 0.25) is 0 Å². The minimum atomic E-state index is -1.00. The second kappa shape index (κ2) is 5.10. The molecule has 3 nitrogen and oxygen atoms in total. The highest BCUT2D eigenvalue weighted by Crippen LogP contribution is 2.25. The van der Waals surface area contributed by atoms with Crippen LogP contribution in [0.1, 0.15) is 29.4 Å². The lowest BCUT2D eigenvalue weighted by molar-refractivity contribution is 0.0876. The molecule has 1 heterocycles. The molecule has 0 aliphatic rings. The van der Waals surface area contributed by atoms with Crippen LogP contribution in [0.5, 0.6) is 0 Å². The van der Waals surface area contributed by atoms with Gasteiger partial charge in [0.2, 0.25) is 5.78 Å². The average Bonchev–Trinajstić information content (AvgIpc) is 2.47. The van der Waals surface area contributed by atoms with Gasteiger partial charge in [-0.1, -0.05) is 43.3 Å².